The standard InChI is InChI=1S/C15H13N3O/c19-15-13-8-4-5-9-14(13)17-11-18(15)10-16-12-6-2-1-3-7-12/h1-9,11,16H,10H2. The molecular weight excluding hydrogens is 238 g/mol. The number of fused-ring (bicyclic) bond motifs is 1. The molecule has 4 nitrogen and oxygen atoms in total. The van der Waals surface area contributed by atoms with Gasteiger partial charge in [-0.25, -0.2) is 4.98 Å². The van der Waals surface area contributed by atoms with Gasteiger partial charge in [-0.3, -0.25) is 9.36 Å². The van der Waals surface area contributed by atoms with Gasteiger partial charge in [0.15, 0.2) is 0 Å². The predicted molar refractivity (Wildman–Crippen MR) is 76.1 cm³/mol. The Balaban J connectivity index is 1.90. The third-order valence-electron chi connectivity index (χ3n) is 2.96. The van der Waals surface area contributed by atoms with Gasteiger partial charge in [0.1, 0.15) is 0 Å². The van der Waals surface area contributed by atoms with Gasteiger partial charge in [0.25, 0.3) is 5.56 Å². The lowest BCUT2D eigenvalue weighted by molar-refractivity contribution is 0.729. The second-order valence-electron chi connectivity index (χ2n) is 4.24. The number of nitrogens with zero attached hydrogens (tertiary/aromatic N) is 2. The van der Waals surface area contributed by atoms with Crippen molar-refractivity contribution >= 4 is 16.6 Å². The fraction of sp³-hybridized carbons (Fsp3) is 0.0667. The van der Waals surface area contributed by atoms with Crippen molar-refractivity contribution in [3.8, 4) is 0 Å². The summed E-state index contributed by atoms with van der Waals surface area (Å²) in [5, 5.41) is 3.83. The first-order valence-electron chi connectivity index (χ1n) is 6.08. The average molecular weight is 251 g/mol. The quantitative estimate of drug-likeness (QED) is 0.777. The Morgan fingerprint density at radius 2 is 1.74 bits per heavy atom. The monoisotopic (exact) mass is 251 g/mol. The van der Waals surface area contributed by atoms with Crippen LogP contribution in [-0.2, 0) is 6.67 Å². The Labute approximate surface area is 110 Å². The van der Waals surface area contributed by atoms with Crippen LogP contribution in [0.2, 0.25) is 0 Å². The number of anilines is 1. The van der Waals surface area contributed by atoms with Crippen molar-refractivity contribution in [3.63, 3.8) is 0 Å². The number of benzene rings is 2. The van der Waals surface area contributed by atoms with Crippen LogP contribution in [0, 0.1) is 0 Å². The Hall–Kier alpha value is -2.62. The molecule has 0 saturated heterocycles. The highest BCUT2D eigenvalue weighted by Crippen LogP contribution is 2.06. The lowest BCUT2D eigenvalue weighted by atomic mass is 10.2. The minimum absolute atomic E-state index is 0.0333. The van der Waals surface area contributed by atoms with Crippen LogP contribution < -0.4 is 10.9 Å². The van der Waals surface area contributed by atoms with Gasteiger partial charge >= 0.3 is 0 Å². The third kappa shape index (κ3) is 2.33. The van der Waals surface area contributed by atoms with Crippen molar-refractivity contribution in [2.24, 2.45) is 0 Å². The van der Waals surface area contributed by atoms with Crippen molar-refractivity contribution in [3.05, 3.63) is 71.3 Å². The first-order chi connectivity index (χ1) is 9.34. The molecular formula is C15H13N3O. The van der Waals surface area contributed by atoms with Gasteiger partial charge in [0.2, 0.25) is 0 Å². The predicted octanol–water partition coefficient (Wildman–Crippen LogP) is 2.47. The number of hydrogen-bond donors (Lipinski definition) is 1. The lowest BCUT2D eigenvalue weighted by Gasteiger charge is -2.09. The summed E-state index contributed by atoms with van der Waals surface area (Å²) in [6, 6.07) is 17.1. The zero-order valence-corrected chi connectivity index (χ0v) is 10.3. The number of nitrogens with one attached hydrogen (secondary N) is 1. The number of aromatic nitrogens is 2. The average Bonchev–Trinajstić information content (AvgIpc) is 2.48. The minimum Gasteiger partial charge on any atom is -0.367 e. The Morgan fingerprint density at radius 3 is 2.58 bits per heavy atom. The molecule has 94 valence electrons. The molecule has 0 aliphatic rings. The largest absolute Gasteiger partial charge is 0.367 e. The highest BCUT2D eigenvalue weighted by Gasteiger charge is 2.02. The summed E-state index contributed by atoms with van der Waals surface area (Å²) < 4.78 is 1.56. The summed E-state index contributed by atoms with van der Waals surface area (Å²) >= 11 is 0. The lowest BCUT2D eigenvalue weighted by Crippen LogP contribution is -2.24. The first kappa shape index (κ1) is 11.5. The molecule has 19 heavy (non-hydrogen) atoms. The van der Waals surface area contributed by atoms with Crippen LogP contribution in [-0.4, -0.2) is 9.55 Å². The summed E-state index contributed by atoms with van der Waals surface area (Å²) in [7, 11) is 0. The summed E-state index contributed by atoms with van der Waals surface area (Å²) in [6.45, 7) is 0.403. The van der Waals surface area contributed by atoms with Crippen molar-refractivity contribution in [1.82, 2.24) is 9.55 Å². The van der Waals surface area contributed by atoms with Crippen molar-refractivity contribution < 1.29 is 0 Å². The molecule has 0 atom stereocenters. The van der Waals surface area contributed by atoms with Crippen LogP contribution >= 0.6 is 0 Å². The number of rotatable bonds is 3. The molecule has 1 aromatic heterocycles. The van der Waals surface area contributed by atoms with E-state index >= 15 is 0 Å². The molecule has 2 aromatic carbocycles. The van der Waals surface area contributed by atoms with E-state index in [0.29, 0.717) is 12.1 Å². The zero-order valence-electron chi connectivity index (χ0n) is 10.3. The molecule has 0 fully saturated rings. The highest BCUT2D eigenvalue weighted by atomic mass is 16.1. The number of hydrogen-bond acceptors (Lipinski definition) is 3. The van der Waals surface area contributed by atoms with Crippen LogP contribution in [0.25, 0.3) is 10.9 Å². The van der Waals surface area contributed by atoms with E-state index in [1.54, 1.807) is 17.0 Å². The summed E-state index contributed by atoms with van der Waals surface area (Å²) in [6.07, 6.45) is 1.57. The van der Waals surface area contributed by atoms with Gasteiger partial charge in [0.05, 0.1) is 23.9 Å². The van der Waals surface area contributed by atoms with Crippen LogP contribution in [0.4, 0.5) is 5.69 Å². The zero-order chi connectivity index (χ0) is 13.1. The van der Waals surface area contributed by atoms with E-state index < -0.39 is 0 Å². The molecule has 0 unspecified atom stereocenters. The van der Waals surface area contributed by atoms with Crippen LogP contribution in [0.3, 0.4) is 0 Å². The van der Waals surface area contributed by atoms with Crippen LogP contribution in [0.5, 0.6) is 0 Å². The highest BCUT2D eigenvalue weighted by molar-refractivity contribution is 5.76. The molecule has 0 radical (unpaired) electrons. The maximum atomic E-state index is 12.2. The summed E-state index contributed by atoms with van der Waals surface area (Å²) in [5.74, 6) is 0. The van der Waals surface area contributed by atoms with E-state index in [1.165, 1.54) is 0 Å². The minimum atomic E-state index is -0.0333. The van der Waals surface area contributed by atoms with Gasteiger partial charge < -0.3 is 5.32 Å². The molecule has 0 saturated carbocycles. The normalized spacial score (nSPS) is 10.5. The van der Waals surface area contributed by atoms with E-state index in [-0.39, 0.29) is 5.56 Å². The van der Waals surface area contributed by atoms with E-state index in [0.717, 1.165) is 11.2 Å². The molecule has 4 heteroatoms. The van der Waals surface area contributed by atoms with E-state index in [9.17, 15) is 4.79 Å². The fourth-order valence-corrected chi connectivity index (χ4v) is 1.95. The maximum Gasteiger partial charge on any atom is 0.262 e. The first-order valence-corrected chi connectivity index (χ1v) is 6.08. The van der Waals surface area contributed by atoms with Gasteiger partial charge in [-0.1, -0.05) is 30.3 Å². The molecule has 3 aromatic rings. The second-order valence-corrected chi connectivity index (χ2v) is 4.24. The fourth-order valence-electron chi connectivity index (χ4n) is 1.95. The third-order valence-corrected chi connectivity index (χ3v) is 2.96. The topological polar surface area (TPSA) is 46.9 Å². The SMILES string of the molecule is O=c1c2ccccc2ncn1CNc1ccccc1. The van der Waals surface area contributed by atoms with E-state index in [2.05, 4.69) is 10.3 Å². The second kappa shape index (κ2) is 4.94. The molecule has 0 spiro atoms. The van der Waals surface area contributed by atoms with Crippen molar-refractivity contribution in [2.75, 3.05) is 5.32 Å². The summed E-state index contributed by atoms with van der Waals surface area (Å²) in [4.78, 5) is 16.5. The van der Waals surface area contributed by atoms with Crippen LogP contribution in [0.15, 0.2) is 65.7 Å². The van der Waals surface area contributed by atoms with Gasteiger partial charge in [-0.05, 0) is 24.3 Å². The number of para-hydroxylation sites is 2. The molecule has 0 bridgehead atoms. The Bertz CT molecular complexity index is 750. The van der Waals surface area contributed by atoms with Crippen molar-refractivity contribution in [2.45, 2.75) is 6.67 Å². The van der Waals surface area contributed by atoms with Gasteiger partial charge in [-0.15, -0.1) is 0 Å². The van der Waals surface area contributed by atoms with Gasteiger partial charge in [-0.2, -0.15) is 0 Å². The van der Waals surface area contributed by atoms with Crippen molar-refractivity contribution in [1.29, 1.82) is 0 Å². The van der Waals surface area contributed by atoms with E-state index in [1.807, 2.05) is 48.5 Å². The summed E-state index contributed by atoms with van der Waals surface area (Å²) in [5.41, 5.74) is 1.67. The Kier molecular flexibility index (Phi) is 2.98. The molecule has 0 amide bonds. The molecule has 1 N–H and O–H groups in total. The molecule has 0 aliphatic carbocycles. The van der Waals surface area contributed by atoms with E-state index in [4.69, 9.17) is 0 Å². The molecule has 1 heterocycles. The molecule has 3 rings (SSSR count). The van der Waals surface area contributed by atoms with Crippen LogP contribution in [0.1, 0.15) is 0 Å². The Morgan fingerprint density at radius 1 is 1.00 bits per heavy atom. The smallest absolute Gasteiger partial charge is 0.262 e. The maximum absolute atomic E-state index is 12.2. The molecule has 0 aliphatic heterocycles. The van der Waals surface area contributed by atoms with Gasteiger partial charge in [0, 0.05) is 5.69 Å².